The normalized spacial score (nSPS) is 17.4. The first-order chi connectivity index (χ1) is 12.0. The number of hydrogen-bond acceptors (Lipinski definition) is 4. The molecule has 1 atom stereocenters. The van der Waals surface area contributed by atoms with Crippen LogP contribution < -0.4 is 10.6 Å². The molecule has 1 aromatic heterocycles. The molecule has 0 bridgehead atoms. The monoisotopic (exact) mass is 344 g/mol. The minimum atomic E-state index is -0.728. The van der Waals surface area contributed by atoms with Gasteiger partial charge in [-0.05, 0) is 30.7 Å². The number of anilines is 1. The van der Waals surface area contributed by atoms with Gasteiger partial charge in [0.25, 0.3) is 0 Å². The predicted octanol–water partition coefficient (Wildman–Crippen LogP) is 3.25. The highest BCUT2D eigenvalue weighted by Gasteiger charge is 2.24. The van der Waals surface area contributed by atoms with Gasteiger partial charge in [-0.15, -0.1) is 0 Å². The zero-order chi connectivity index (χ0) is 17.6. The summed E-state index contributed by atoms with van der Waals surface area (Å²) in [7, 11) is 0. The lowest BCUT2D eigenvalue weighted by Crippen LogP contribution is -2.27. The standard InChI is InChI=1S/C18H15F3N4/c19-10-4-5-12-15(8-10)23-18(25-7-6-11(22)9-25)24-17(12)16-13(20)2-1-3-14(16)21/h1-5,8,11H,6-7,9,22H2/t11-/m0/s1. The first kappa shape index (κ1) is 15.8. The lowest BCUT2D eigenvalue weighted by Gasteiger charge is -2.18. The minimum absolute atomic E-state index is 0.0135. The second-order valence-electron chi connectivity index (χ2n) is 6.13. The minimum Gasteiger partial charge on any atom is -0.339 e. The second kappa shape index (κ2) is 6.00. The van der Waals surface area contributed by atoms with E-state index < -0.39 is 17.5 Å². The van der Waals surface area contributed by atoms with Crippen LogP contribution in [-0.4, -0.2) is 29.1 Å². The Morgan fingerprint density at radius 2 is 1.80 bits per heavy atom. The van der Waals surface area contributed by atoms with Crippen molar-refractivity contribution < 1.29 is 13.2 Å². The van der Waals surface area contributed by atoms with Crippen molar-refractivity contribution in [2.24, 2.45) is 5.73 Å². The van der Waals surface area contributed by atoms with Gasteiger partial charge in [0.05, 0.1) is 16.8 Å². The molecule has 1 fully saturated rings. The van der Waals surface area contributed by atoms with Gasteiger partial charge < -0.3 is 10.6 Å². The van der Waals surface area contributed by atoms with Crippen LogP contribution in [0.25, 0.3) is 22.2 Å². The van der Waals surface area contributed by atoms with Gasteiger partial charge in [-0.3, -0.25) is 0 Å². The summed E-state index contributed by atoms with van der Waals surface area (Å²) in [6.07, 6.45) is 0.772. The molecule has 4 nitrogen and oxygen atoms in total. The molecule has 0 amide bonds. The van der Waals surface area contributed by atoms with Crippen molar-refractivity contribution in [3.05, 3.63) is 53.8 Å². The van der Waals surface area contributed by atoms with Crippen LogP contribution in [0.4, 0.5) is 19.1 Å². The highest BCUT2D eigenvalue weighted by Crippen LogP contribution is 2.32. The highest BCUT2D eigenvalue weighted by molar-refractivity contribution is 5.93. The van der Waals surface area contributed by atoms with E-state index in [-0.39, 0.29) is 17.3 Å². The van der Waals surface area contributed by atoms with Crippen LogP contribution in [-0.2, 0) is 0 Å². The lowest BCUT2D eigenvalue weighted by molar-refractivity contribution is 0.589. The van der Waals surface area contributed by atoms with Gasteiger partial charge in [-0.1, -0.05) is 6.07 Å². The molecule has 3 aromatic rings. The van der Waals surface area contributed by atoms with E-state index >= 15 is 0 Å². The molecule has 2 N–H and O–H groups in total. The number of halogens is 3. The average molecular weight is 344 g/mol. The van der Waals surface area contributed by atoms with Gasteiger partial charge in [-0.2, -0.15) is 0 Å². The lowest BCUT2D eigenvalue weighted by atomic mass is 10.1. The summed E-state index contributed by atoms with van der Waals surface area (Å²) in [5.41, 5.74) is 6.08. The second-order valence-corrected chi connectivity index (χ2v) is 6.13. The molecule has 0 aliphatic carbocycles. The third-order valence-electron chi connectivity index (χ3n) is 4.35. The van der Waals surface area contributed by atoms with Crippen LogP contribution in [0.3, 0.4) is 0 Å². The summed E-state index contributed by atoms with van der Waals surface area (Å²) < 4.78 is 42.3. The van der Waals surface area contributed by atoms with Crippen LogP contribution in [0.1, 0.15) is 6.42 Å². The Hall–Kier alpha value is -2.67. The molecule has 1 aliphatic heterocycles. The maximum Gasteiger partial charge on any atom is 0.226 e. The molecule has 25 heavy (non-hydrogen) atoms. The summed E-state index contributed by atoms with van der Waals surface area (Å²) in [5, 5.41) is 0.387. The fraction of sp³-hybridized carbons (Fsp3) is 0.222. The number of benzene rings is 2. The van der Waals surface area contributed by atoms with Gasteiger partial charge in [-0.25, -0.2) is 23.1 Å². The van der Waals surface area contributed by atoms with E-state index in [1.165, 1.54) is 36.4 Å². The van der Waals surface area contributed by atoms with Crippen molar-refractivity contribution in [3.63, 3.8) is 0 Å². The molecule has 4 rings (SSSR count). The van der Waals surface area contributed by atoms with Crippen LogP contribution in [0.15, 0.2) is 36.4 Å². The summed E-state index contributed by atoms with van der Waals surface area (Å²) in [4.78, 5) is 10.6. The molecule has 7 heteroatoms. The van der Waals surface area contributed by atoms with Gasteiger partial charge in [0, 0.05) is 30.6 Å². The Balaban J connectivity index is 1.98. The summed E-state index contributed by atoms with van der Waals surface area (Å²) in [5.74, 6) is -1.64. The molecular formula is C18H15F3N4. The average Bonchev–Trinajstić information content (AvgIpc) is 3.00. The molecule has 128 valence electrons. The van der Waals surface area contributed by atoms with Crippen LogP contribution in [0.2, 0.25) is 0 Å². The number of aromatic nitrogens is 2. The number of hydrogen-bond donors (Lipinski definition) is 1. The Morgan fingerprint density at radius 3 is 2.48 bits per heavy atom. The molecule has 0 saturated carbocycles. The van der Waals surface area contributed by atoms with Gasteiger partial charge in [0.2, 0.25) is 5.95 Å². The quantitative estimate of drug-likeness (QED) is 0.775. The maximum absolute atomic E-state index is 14.3. The highest BCUT2D eigenvalue weighted by atomic mass is 19.1. The van der Waals surface area contributed by atoms with Gasteiger partial charge in [0.15, 0.2) is 0 Å². The maximum atomic E-state index is 14.3. The summed E-state index contributed by atoms with van der Waals surface area (Å²) >= 11 is 0. The zero-order valence-electron chi connectivity index (χ0n) is 13.2. The molecule has 2 heterocycles. The van der Waals surface area contributed by atoms with Crippen molar-refractivity contribution in [3.8, 4) is 11.3 Å². The molecule has 1 aliphatic rings. The van der Waals surface area contributed by atoms with Crippen molar-refractivity contribution >= 4 is 16.9 Å². The van der Waals surface area contributed by atoms with E-state index in [0.717, 1.165) is 6.42 Å². The molecular weight excluding hydrogens is 329 g/mol. The number of rotatable bonds is 2. The van der Waals surface area contributed by atoms with Crippen LogP contribution in [0, 0.1) is 17.5 Å². The van der Waals surface area contributed by atoms with E-state index in [9.17, 15) is 13.2 Å². The first-order valence-electron chi connectivity index (χ1n) is 7.95. The fourth-order valence-electron chi connectivity index (χ4n) is 3.12. The Morgan fingerprint density at radius 1 is 1.04 bits per heavy atom. The topological polar surface area (TPSA) is 55.0 Å². The molecule has 0 unspecified atom stereocenters. The van der Waals surface area contributed by atoms with E-state index in [0.29, 0.717) is 29.9 Å². The molecule has 2 aromatic carbocycles. The SMILES string of the molecule is N[C@H]1CCN(c2nc(-c3c(F)cccc3F)c3ccc(F)cc3n2)C1. The molecule has 1 saturated heterocycles. The van der Waals surface area contributed by atoms with E-state index in [1.54, 1.807) is 0 Å². The van der Waals surface area contributed by atoms with Gasteiger partial charge in [0.1, 0.15) is 17.5 Å². The van der Waals surface area contributed by atoms with E-state index in [2.05, 4.69) is 9.97 Å². The molecule has 0 radical (unpaired) electrons. The Bertz CT molecular complexity index is 940. The van der Waals surface area contributed by atoms with Crippen molar-refractivity contribution in [1.82, 2.24) is 9.97 Å². The van der Waals surface area contributed by atoms with Crippen molar-refractivity contribution in [1.29, 1.82) is 0 Å². The molecule has 0 spiro atoms. The van der Waals surface area contributed by atoms with Crippen molar-refractivity contribution in [2.45, 2.75) is 12.5 Å². The van der Waals surface area contributed by atoms with Crippen molar-refractivity contribution in [2.75, 3.05) is 18.0 Å². The van der Waals surface area contributed by atoms with E-state index in [1.807, 2.05) is 4.90 Å². The predicted molar refractivity (Wildman–Crippen MR) is 89.7 cm³/mol. The first-order valence-corrected chi connectivity index (χ1v) is 7.95. The zero-order valence-corrected chi connectivity index (χ0v) is 13.2. The van der Waals surface area contributed by atoms with Crippen LogP contribution in [0.5, 0.6) is 0 Å². The fourth-order valence-corrected chi connectivity index (χ4v) is 3.12. The Labute approximate surface area is 142 Å². The van der Waals surface area contributed by atoms with Gasteiger partial charge >= 0.3 is 0 Å². The Kier molecular flexibility index (Phi) is 3.80. The number of nitrogens with zero attached hydrogens (tertiary/aromatic N) is 3. The number of nitrogens with two attached hydrogens (primary N) is 1. The van der Waals surface area contributed by atoms with Crippen LogP contribution >= 0.6 is 0 Å². The smallest absolute Gasteiger partial charge is 0.226 e. The third-order valence-corrected chi connectivity index (χ3v) is 4.35. The van der Waals surface area contributed by atoms with E-state index in [4.69, 9.17) is 5.73 Å². The summed E-state index contributed by atoms with van der Waals surface area (Å²) in [6.45, 7) is 1.18. The number of fused-ring (bicyclic) bond motifs is 1. The third kappa shape index (κ3) is 2.80. The summed E-state index contributed by atoms with van der Waals surface area (Å²) in [6, 6.07) is 7.50. The largest absolute Gasteiger partial charge is 0.339 e.